The maximum atomic E-state index is 11.9. The minimum Gasteiger partial charge on any atom is -0.481 e. The zero-order valence-electron chi connectivity index (χ0n) is 26.0. The Bertz CT molecular complexity index is 2260. The number of aliphatic carboxylic acids is 4. The molecule has 0 fully saturated rings. The van der Waals surface area contributed by atoms with Gasteiger partial charge in [0.25, 0.3) is 0 Å². The lowest BCUT2D eigenvalue weighted by atomic mass is 10.1. The van der Waals surface area contributed by atoms with Gasteiger partial charge in [-0.3, -0.25) is 19.2 Å². The molecule has 7 rings (SSSR count). The van der Waals surface area contributed by atoms with Gasteiger partial charge < -0.3 is 20.4 Å². The van der Waals surface area contributed by atoms with E-state index in [1.54, 1.807) is 11.3 Å². The molecule has 0 aliphatic heterocycles. The summed E-state index contributed by atoms with van der Waals surface area (Å²) in [7, 11) is 0. The molecule has 0 aliphatic rings. The van der Waals surface area contributed by atoms with Crippen LogP contribution in [0.4, 0.5) is 0 Å². The summed E-state index contributed by atoms with van der Waals surface area (Å²) in [4.78, 5) is 57.5. The normalized spacial score (nSPS) is 11.3. The molecule has 7 heterocycles. The van der Waals surface area contributed by atoms with E-state index in [9.17, 15) is 39.6 Å². The van der Waals surface area contributed by atoms with E-state index >= 15 is 0 Å². The van der Waals surface area contributed by atoms with Gasteiger partial charge >= 0.3 is 23.9 Å². The summed E-state index contributed by atoms with van der Waals surface area (Å²) >= 11 is 10.6. The molecule has 4 N–H and O–H groups in total. The Labute approximate surface area is 318 Å². The van der Waals surface area contributed by atoms with Crippen molar-refractivity contribution in [3.8, 4) is 58.5 Å². The zero-order chi connectivity index (χ0) is 35.8. The second-order valence-electron chi connectivity index (χ2n) is 11.3. The van der Waals surface area contributed by atoms with Crippen molar-refractivity contribution in [2.24, 2.45) is 0 Å². The number of rotatable bonds is 14. The molecule has 0 bridgehead atoms. The summed E-state index contributed by atoms with van der Waals surface area (Å²) in [6, 6.07) is 19.3. The highest BCUT2D eigenvalue weighted by atomic mass is 32.1. The third-order valence-electron chi connectivity index (χ3n) is 7.68. The number of carboxylic acid groups (broad SMARTS) is 4. The van der Waals surface area contributed by atoms with Crippen molar-refractivity contribution >= 4 is 103 Å². The van der Waals surface area contributed by atoms with E-state index in [1.807, 2.05) is 71.4 Å². The van der Waals surface area contributed by atoms with Crippen LogP contribution in [0.25, 0.3) is 58.5 Å². The van der Waals surface area contributed by atoms with Crippen LogP contribution in [-0.2, 0) is 44.9 Å². The highest BCUT2D eigenvalue weighted by molar-refractivity contribution is 7.31. The molecule has 51 heavy (non-hydrogen) atoms. The fourth-order valence-electron chi connectivity index (χ4n) is 5.58. The number of carboxylic acids is 4. The van der Waals surface area contributed by atoms with Crippen molar-refractivity contribution < 1.29 is 39.6 Å². The van der Waals surface area contributed by atoms with Gasteiger partial charge in [0.15, 0.2) is 0 Å². The maximum Gasteiger partial charge on any atom is 0.307 e. The van der Waals surface area contributed by atoms with Gasteiger partial charge in [0, 0.05) is 58.5 Å². The minimum atomic E-state index is -0.933. The average molecular weight is 809 g/mol. The van der Waals surface area contributed by atoms with Gasteiger partial charge in [-0.1, -0.05) is 0 Å². The molecule has 7 aromatic heterocycles. The van der Waals surface area contributed by atoms with Crippen molar-refractivity contribution in [2.45, 2.75) is 25.7 Å². The Morgan fingerprint density at radius 1 is 0.373 bits per heavy atom. The van der Waals surface area contributed by atoms with E-state index in [2.05, 4.69) is 0 Å². The molecule has 8 nitrogen and oxygen atoms in total. The Morgan fingerprint density at radius 2 is 0.686 bits per heavy atom. The van der Waals surface area contributed by atoms with Gasteiger partial charge in [-0.2, -0.15) is 0 Å². The lowest BCUT2D eigenvalue weighted by Crippen LogP contribution is -1.99. The predicted octanol–water partition coefficient (Wildman–Crippen LogP) is 10.6. The van der Waals surface area contributed by atoms with Crippen molar-refractivity contribution in [2.75, 3.05) is 0 Å². The summed E-state index contributed by atoms with van der Waals surface area (Å²) in [5.41, 5.74) is 2.91. The molecule has 0 unspecified atom stereocenters. The van der Waals surface area contributed by atoms with Crippen molar-refractivity contribution in [3.63, 3.8) is 0 Å². The van der Waals surface area contributed by atoms with Crippen LogP contribution in [0.15, 0.2) is 71.4 Å². The molecular weight excluding hydrogens is 785 g/mol. The molecule has 15 heteroatoms. The van der Waals surface area contributed by atoms with Gasteiger partial charge in [-0.15, -0.1) is 79.4 Å². The van der Waals surface area contributed by atoms with Gasteiger partial charge in [-0.25, -0.2) is 0 Å². The fraction of sp³-hybridized carbons (Fsp3) is 0.111. The highest BCUT2D eigenvalue weighted by Crippen LogP contribution is 2.49. The first-order valence-electron chi connectivity index (χ1n) is 15.1. The molecule has 0 aromatic carbocycles. The van der Waals surface area contributed by atoms with Crippen LogP contribution in [0.1, 0.15) is 22.3 Å². The first kappa shape index (κ1) is 35.2. The number of hydrogen-bond donors (Lipinski definition) is 4. The maximum absolute atomic E-state index is 11.9. The molecule has 0 radical (unpaired) electrons. The Kier molecular flexibility index (Phi) is 10.2. The first-order valence-corrected chi connectivity index (χ1v) is 20.9. The summed E-state index contributed by atoms with van der Waals surface area (Å²) in [5.74, 6) is -3.66. The number of thiophene rings is 7. The number of carbonyl (C=O) groups is 4. The smallest absolute Gasteiger partial charge is 0.307 e. The molecule has 258 valence electrons. The summed E-state index contributed by atoms with van der Waals surface area (Å²) in [5, 5.41) is 41.9. The second kappa shape index (κ2) is 14.8. The first-order chi connectivity index (χ1) is 24.5. The topological polar surface area (TPSA) is 149 Å². The highest BCUT2D eigenvalue weighted by Gasteiger charge is 2.22. The molecule has 0 atom stereocenters. The quantitative estimate of drug-likeness (QED) is 0.0848. The van der Waals surface area contributed by atoms with E-state index in [0.29, 0.717) is 11.1 Å². The molecule has 7 aromatic rings. The van der Waals surface area contributed by atoms with Crippen LogP contribution in [0, 0.1) is 0 Å². The molecule has 0 saturated heterocycles. The third-order valence-corrected chi connectivity index (χ3v) is 16.3. The Morgan fingerprint density at radius 3 is 1.06 bits per heavy atom. The van der Waals surface area contributed by atoms with E-state index < -0.39 is 23.9 Å². The van der Waals surface area contributed by atoms with E-state index in [-0.39, 0.29) is 25.7 Å². The molecular formula is C36H24O8S7. The van der Waals surface area contributed by atoms with Crippen LogP contribution in [0.5, 0.6) is 0 Å². The third kappa shape index (κ3) is 7.70. The zero-order valence-corrected chi connectivity index (χ0v) is 31.8. The standard InChI is InChI=1S/C36H24O8S7/c37-29(38)13-17-7-9-45-33(17)23-3-5-25(48-23)35-19(15-31(41)42)11-27(50-35)21-1-2-22(47-21)28-12-20(16-32(43)44)36(51-28)26-6-4-24(49-26)34-18(8-10-46-34)14-30(39)40/h1-12H,13-16H2,(H,37,38)(H,39,40)(H,41,42)(H,43,44). The average Bonchev–Trinajstić information content (AvgIpc) is 3.89. The van der Waals surface area contributed by atoms with Crippen molar-refractivity contribution in [1.82, 2.24) is 0 Å². The molecule has 0 spiro atoms. The van der Waals surface area contributed by atoms with Crippen LogP contribution in [-0.4, -0.2) is 44.3 Å². The van der Waals surface area contributed by atoms with E-state index in [0.717, 1.165) is 69.7 Å². The van der Waals surface area contributed by atoms with Crippen LogP contribution in [0.3, 0.4) is 0 Å². The summed E-state index contributed by atoms with van der Waals surface area (Å²) < 4.78 is 0. The van der Waals surface area contributed by atoms with Crippen molar-refractivity contribution in [1.29, 1.82) is 0 Å². The summed E-state index contributed by atoms with van der Waals surface area (Å²) in [6.45, 7) is 0. The van der Waals surface area contributed by atoms with E-state index in [4.69, 9.17) is 0 Å². The SMILES string of the molecule is O=C(O)Cc1ccsc1-c1ccc(-c2sc(-c3ccc(-c4cc(CC(=O)O)c(-c5ccc(-c6sccc6CC(=O)O)s5)s4)s3)cc2CC(=O)O)s1. The lowest BCUT2D eigenvalue weighted by Gasteiger charge is -1.99. The summed E-state index contributed by atoms with van der Waals surface area (Å²) in [6.07, 6.45) is -0.412. The molecule has 0 amide bonds. The molecule has 0 aliphatic carbocycles. The fourth-order valence-corrected chi connectivity index (χ4v) is 13.6. The van der Waals surface area contributed by atoms with Crippen molar-refractivity contribution in [3.05, 3.63) is 93.7 Å². The van der Waals surface area contributed by atoms with Gasteiger partial charge in [-0.05, 0) is 93.7 Å². The predicted molar refractivity (Wildman–Crippen MR) is 210 cm³/mol. The van der Waals surface area contributed by atoms with Gasteiger partial charge in [0.05, 0.1) is 25.7 Å². The Hall–Kier alpha value is -4.22. The van der Waals surface area contributed by atoms with Crippen LogP contribution < -0.4 is 0 Å². The van der Waals surface area contributed by atoms with E-state index in [1.165, 1.54) is 68.0 Å². The second-order valence-corrected chi connectivity index (χ2v) is 18.4. The molecule has 0 saturated carbocycles. The Balaban J connectivity index is 1.20. The van der Waals surface area contributed by atoms with Gasteiger partial charge in [0.2, 0.25) is 0 Å². The monoisotopic (exact) mass is 808 g/mol. The van der Waals surface area contributed by atoms with Crippen LogP contribution >= 0.6 is 79.4 Å². The lowest BCUT2D eigenvalue weighted by molar-refractivity contribution is -0.137. The van der Waals surface area contributed by atoms with Crippen LogP contribution in [0.2, 0.25) is 0 Å². The van der Waals surface area contributed by atoms with Gasteiger partial charge in [0.1, 0.15) is 0 Å². The number of hydrogen-bond acceptors (Lipinski definition) is 11. The minimum absolute atomic E-state index is 0.0668. The largest absolute Gasteiger partial charge is 0.481 e.